The van der Waals surface area contributed by atoms with Gasteiger partial charge in [-0.05, 0) is 36.8 Å². The number of hydrogen-bond donors (Lipinski definition) is 1. The minimum atomic E-state index is -4.56. The molecule has 10 heteroatoms. The number of nitrogens with one attached hydrogen (secondary N) is 1. The zero-order valence-corrected chi connectivity index (χ0v) is 13.8. The van der Waals surface area contributed by atoms with Gasteiger partial charge in [-0.15, -0.1) is 0 Å². The number of hydrogen-bond acceptors (Lipinski definition) is 5. The van der Waals surface area contributed by atoms with Gasteiger partial charge in [0.1, 0.15) is 0 Å². The molecule has 1 aromatic carbocycles. The normalized spacial score (nSPS) is 12.6. The average Bonchev–Trinajstić information content (AvgIpc) is 2.52. The molecule has 1 rings (SSSR count). The molecule has 0 aliphatic carbocycles. The van der Waals surface area contributed by atoms with Gasteiger partial charge in [0.25, 0.3) is 5.91 Å². The summed E-state index contributed by atoms with van der Waals surface area (Å²) in [6.45, 7) is 1.20. The number of halogens is 4. The number of ether oxygens (including phenoxy) is 2. The molecule has 0 unspecified atom stereocenters. The van der Waals surface area contributed by atoms with Crippen LogP contribution in [0.4, 0.5) is 18.0 Å². The first kappa shape index (κ1) is 20.5. The van der Waals surface area contributed by atoms with E-state index in [-0.39, 0.29) is 10.6 Å². The van der Waals surface area contributed by atoms with Crippen molar-refractivity contribution in [3.05, 3.63) is 40.4 Å². The van der Waals surface area contributed by atoms with E-state index in [1.54, 1.807) is 5.32 Å². The van der Waals surface area contributed by atoms with Gasteiger partial charge in [-0.25, -0.2) is 9.59 Å². The second-order valence-corrected chi connectivity index (χ2v) is 5.03. The summed E-state index contributed by atoms with van der Waals surface area (Å²) in [5.74, 6) is -1.94. The zero-order chi connectivity index (χ0) is 19.2. The van der Waals surface area contributed by atoms with Gasteiger partial charge in [0.15, 0.2) is 6.10 Å². The Balaban J connectivity index is 2.77. The lowest BCUT2D eigenvalue weighted by molar-refractivity contribution is -0.149. The molecule has 6 nitrogen and oxygen atoms in total. The lowest BCUT2D eigenvalue weighted by atomic mass is 10.1. The Labute approximate surface area is 145 Å². The molecule has 0 aliphatic rings. The third kappa shape index (κ3) is 6.46. The Bertz CT molecular complexity index is 703. The monoisotopic (exact) mass is 379 g/mol. The number of methoxy groups -OCH3 is 1. The number of amides is 2. The van der Waals surface area contributed by atoms with Crippen molar-refractivity contribution in [2.24, 2.45) is 0 Å². The quantitative estimate of drug-likeness (QED) is 0.642. The van der Waals surface area contributed by atoms with Crippen LogP contribution in [0.5, 0.6) is 0 Å². The maximum absolute atomic E-state index is 12.7. The molecule has 1 N–H and O–H groups in total. The van der Waals surface area contributed by atoms with E-state index in [9.17, 15) is 27.6 Å². The molecule has 0 fully saturated rings. The van der Waals surface area contributed by atoms with E-state index in [1.807, 2.05) is 0 Å². The summed E-state index contributed by atoms with van der Waals surface area (Å²) in [4.78, 5) is 33.9. The van der Waals surface area contributed by atoms with Crippen LogP contribution in [0, 0.1) is 0 Å². The number of esters is 1. The second kappa shape index (κ2) is 8.52. The lowest BCUT2D eigenvalue weighted by Crippen LogP contribution is -2.39. The SMILES string of the molecule is COC(=O)NC(=O)[C@H](C)OC(=O)/C=C/c1cc(C(F)(F)F)ccc1Cl. The third-order valence-corrected chi connectivity index (χ3v) is 3.14. The molecule has 0 spiro atoms. The Morgan fingerprint density at radius 2 is 1.92 bits per heavy atom. The van der Waals surface area contributed by atoms with Gasteiger partial charge in [0.2, 0.25) is 0 Å². The summed E-state index contributed by atoms with van der Waals surface area (Å²) < 4.78 is 46.9. The van der Waals surface area contributed by atoms with E-state index < -0.39 is 35.8 Å². The summed E-state index contributed by atoms with van der Waals surface area (Å²) in [7, 11) is 1.04. The first-order valence-corrected chi connectivity index (χ1v) is 7.06. The smallest absolute Gasteiger partial charge is 0.416 e. The second-order valence-electron chi connectivity index (χ2n) is 4.63. The molecule has 0 heterocycles. The predicted molar refractivity (Wildman–Crippen MR) is 81.6 cm³/mol. The molecule has 0 radical (unpaired) electrons. The van der Waals surface area contributed by atoms with Crippen molar-refractivity contribution in [2.45, 2.75) is 19.2 Å². The van der Waals surface area contributed by atoms with Crippen LogP contribution in [0.25, 0.3) is 6.08 Å². The summed E-state index contributed by atoms with van der Waals surface area (Å²) in [6, 6.07) is 2.61. The van der Waals surface area contributed by atoms with E-state index in [0.29, 0.717) is 0 Å². The largest absolute Gasteiger partial charge is 0.453 e. The van der Waals surface area contributed by atoms with Gasteiger partial charge in [-0.3, -0.25) is 10.1 Å². The number of alkyl halides is 3. The van der Waals surface area contributed by atoms with Crippen molar-refractivity contribution < 1.29 is 37.0 Å². The highest BCUT2D eigenvalue weighted by Gasteiger charge is 2.30. The standard InChI is InChI=1S/C15H13ClF3NO5/c1-8(13(22)20-14(23)24-2)25-12(21)6-3-9-7-10(15(17,18)19)4-5-11(9)16/h3-8H,1-2H3,(H,20,22,23)/b6-3+/t8-/m0/s1. The topological polar surface area (TPSA) is 81.7 Å². The van der Waals surface area contributed by atoms with E-state index in [1.165, 1.54) is 6.92 Å². The predicted octanol–water partition coefficient (Wildman–Crippen LogP) is 3.19. The first-order valence-electron chi connectivity index (χ1n) is 6.69. The number of alkyl carbamates (subject to hydrolysis) is 1. The number of carbonyl (C=O) groups is 3. The first-order chi connectivity index (χ1) is 11.5. The molecule has 0 aliphatic heterocycles. The van der Waals surface area contributed by atoms with Crippen molar-refractivity contribution in [1.82, 2.24) is 5.32 Å². The Morgan fingerprint density at radius 1 is 1.28 bits per heavy atom. The summed E-state index contributed by atoms with van der Waals surface area (Å²) in [5.41, 5.74) is -0.990. The average molecular weight is 380 g/mol. The van der Waals surface area contributed by atoms with Gasteiger partial charge in [0.05, 0.1) is 12.7 Å². The van der Waals surface area contributed by atoms with Crippen LogP contribution in [0.3, 0.4) is 0 Å². The van der Waals surface area contributed by atoms with Crippen molar-refractivity contribution in [3.8, 4) is 0 Å². The minimum absolute atomic E-state index is 0.00599. The Kier molecular flexibility index (Phi) is 6.98. The molecule has 1 aromatic rings. The molecule has 136 valence electrons. The number of benzene rings is 1. The maximum Gasteiger partial charge on any atom is 0.416 e. The highest BCUT2D eigenvalue weighted by molar-refractivity contribution is 6.32. The van der Waals surface area contributed by atoms with E-state index in [2.05, 4.69) is 4.74 Å². The molecule has 0 saturated heterocycles. The molecular formula is C15H13ClF3NO5. The fourth-order valence-corrected chi connectivity index (χ4v) is 1.71. The summed E-state index contributed by atoms with van der Waals surface area (Å²) >= 11 is 5.77. The van der Waals surface area contributed by atoms with E-state index in [4.69, 9.17) is 16.3 Å². The summed E-state index contributed by atoms with van der Waals surface area (Å²) in [6.07, 6.45) is -5.09. The van der Waals surface area contributed by atoms with Gasteiger partial charge in [0, 0.05) is 11.1 Å². The number of imide groups is 1. The van der Waals surface area contributed by atoms with E-state index >= 15 is 0 Å². The van der Waals surface area contributed by atoms with Crippen LogP contribution < -0.4 is 5.32 Å². The molecule has 0 saturated carbocycles. The summed E-state index contributed by atoms with van der Waals surface area (Å²) in [5, 5.41) is 1.79. The fourth-order valence-electron chi connectivity index (χ4n) is 1.53. The van der Waals surface area contributed by atoms with Gasteiger partial charge < -0.3 is 9.47 Å². The number of rotatable bonds is 4. The van der Waals surface area contributed by atoms with Crippen LogP contribution in [0.2, 0.25) is 5.02 Å². The molecule has 0 aromatic heterocycles. The van der Waals surface area contributed by atoms with Crippen LogP contribution in [0.15, 0.2) is 24.3 Å². The zero-order valence-electron chi connectivity index (χ0n) is 13.0. The van der Waals surface area contributed by atoms with Crippen LogP contribution in [-0.2, 0) is 25.2 Å². The van der Waals surface area contributed by atoms with Crippen molar-refractivity contribution in [1.29, 1.82) is 0 Å². The van der Waals surface area contributed by atoms with Crippen LogP contribution >= 0.6 is 11.6 Å². The van der Waals surface area contributed by atoms with Crippen molar-refractivity contribution in [3.63, 3.8) is 0 Å². The van der Waals surface area contributed by atoms with E-state index in [0.717, 1.165) is 37.5 Å². The fraction of sp³-hybridized carbons (Fsp3) is 0.267. The Hall–Kier alpha value is -2.55. The van der Waals surface area contributed by atoms with Gasteiger partial charge >= 0.3 is 18.2 Å². The van der Waals surface area contributed by atoms with Gasteiger partial charge in [-0.2, -0.15) is 13.2 Å². The minimum Gasteiger partial charge on any atom is -0.453 e. The number of carbonyl (C=O) groups excluding carboxylic acids is 3. The Morgan fingerprint density at radius 3 is 2.48 bits per heavy atom. The highest BCUT2D eigenvalue weighted by Crippen LogP contribution is 2.32. The molecule has 1 atom stereocenters. The highest BCUT2D eigenvalue weighted by atomic mass is 35.5. The molecular weight excluding hydrogens is 367 g/mol. The maximum atomic E-state index is 12.7. The molecule has 2 amide bonds. The van der Waals surface area contributed by atoms with Crippen molar-refractivity contribution >= 4 is 35.6 Å². The lowest BCUT2D eigenvalue weighted by Gasteiger charge is -2.11. The van der Waals surface area contributed by atoms with Gasteiger partial charge in [-0.1, -0.05) is 11.6 Å². The van der Waals surface area contributed by atoms with Crippen LogP contribution in [-0.4, -0.2) is 31.2 Å². The van der Waals surface area contributed by atoms with Crippen molar-refractivity contribution in [2.75, 3.05) is 7.11 Å². The third-order valence-electron chi connectivity index (χ3n) is 2.80. The molecule has 25 heavy (non-hydrogen) atoms. The van der Waals surface area contributed by atoms with Crippen LogP contribution in [0.1, 0.15) is 18.1 Å². The molecule has 0 bridgehead atoms.